The van der Waals surface area contributed by atoms with Crippen LogP contribution in [-0.2, 0) is 13.0 Å². The summed E-state index contributed by atoms with van der Waals surface area (Å²) >= 11 is 1.86. The Hall–Kier alpha value is -0.580. The predicted octanol–water partition coefficient (Wildman–Crippen LogP) is 2.22. The third-order valence-corrected chi connectivity index (χ3v) is 4.23. The molecule has 1 aromatic heterocycles. The average molecular weight is 239 g/mol. The van der Waals surface area contributed by atoms with E-state index < -0.39 is 0 Å². The minimum atomic E-state index is 0.945. The Morgan fingerprint density at radius 1 is 1.50 bits per heavy atom. The van der Waals surface area contributed by atoms with Gasteiger partial charge >= 0.3 is 0 Å². The number of nitrogens with zero attached hydrogens (tertiary/aromatic N) is 2. The van der Waals surface area contributed by atoms with E-state index in [0.29, 0.717) is 0 Å². The first kappa shape index (κ1) is 11.9. The molecule has 0 aromatic carbocycles. The van der Waals surface area contributed by atoms with Crippen molar-refractivity contribution >= 4 is 17.0 Å². The molecule has 16 heavy (non-hydrogen) atoms. The zero-order valence-corrected chi connectivity index (χ0v) is 11.0. The maximum absolute atomic E-state index is 6.07. The summed E-state index contributed by atoms with van der Waals surface area (Å²) in [4.78, 5) is 4.00. The van der Waals surface area contributed by atoms with Crippen LogP contribution < -0.4 is 10.9 Å². The first-order valence-corrected chi connectivity index (χ1v) is 6.98. The van der Waals surface area contributed by atoms with Crippen LogP contribution >= 0.6 is 11.3 Å². The molecule has 0 bridgehead atoms. The molecular formula is C12H21N3S. The highest BCUT2D eigenvalue weighted by Crippen LogP contribution is 2.33. The maximum atomic E-state index is 6.07. The van der Waals surface area contributed by atoms with Crippen LogP contribution in [0.5, 0.6) is 0 Å². The van der Waals surface area contributed by atoms with Crippen molar-refractivity contribution in [3.05, 3.63) is 15.8 Å². The van der Waals surface area contributed by atoms with E-state index in [1.165, 1.54) is 22.7 Å². The van der Waals surface area contributed by atoms with E-state index in [4.69, 9.17) is 5.84 Å². The van der Waals surface area contributed by atoms with E-state index in [-0.39, 0.29) is 0 Å². The minimum Gasteiger partial charge on any atom is -0.310 e. The summed E-state index contributed by atoms with van der Waals surface area (Å²) in [6.07, 6.45) is 2.25. The van der Waals surface area contributed by atoms with E-state index in [0.717, 1.165) is 32.5 Å². The Balaban J connectivity index is 2.16. The molecule has 2 rings (SSSR count). The topological polar surface area (TPSA) is 32.5 Å². The van der Waals surface area contributed by atoms with Crippen molar-refractivity contribution in [3.63, 3.8) is 0 Å². The predicted molar refractivity (Wildman–Crippen MR) is 70.8 cm³/mol. The van der Waals surface area contributed by atoms with E-state index in [2.05, 4.69) is 24.1 Å². The van der Waals surface area contributed by atoms with Crippen LogP contribution in [0.4, 0.5) is 5.69 Å². The maximum Gasteiger partial charge on any atom is 0.0659 e. The third kappa shape index (κ3) is 2.24. The SMILES string of the molecule is CCCN(N)c1csc2c1CCN(CC)C2. The quantitative estimate of drug-likeness (QED) is 0.646. The first-order chi connectivity index (χ1) is 7.76. The lowest BCUT2D eigenvalue weighted by molar-refractivity contribution is 0.272. The number of likely N-dealkylation sites (N-methyl/N-ethyl adjacent to an activating group) is 1. The van der Waals surface area contributed by atoms with Gasteiger partial charge < -0.3 is 5.01 Å². The van der Waals surface area contributed by atoms with Crippen LogP contribution in [0.3, 0.4) is 0 Å². The molecule has 0 unspecified atom stereocenters. The summed E-state index contributed by atoms with van der Waals surface area (Å²) in [5.74, 6) is 6.07. The molecule has 0 fully saturated rings. The van der Waals surface area contributed by atoms with Crippen LogP contribution in [0.1, 0.15) is 30.7 Å². The van der Waals surface area contributed by atoms with Gasteiger partial charge in [0.1, 0.15) is 0 Å². The highest BCUT2D eigenvalue weighted by Gasteiger charge is 2.21. The fourth-order valence-electron chi connectivity index (χ4n) is 2.24. The summed E-state index contributed by atoms with van der Waals surface area (Å²) < 4.78 is 0. The van der Waals surface area contributed by atoms with Gasteiger partial charge in [0, 0.05) is 29.9 Å². The van der Waals surface area contributed by atoms with Crippen molar-refractivity contribution in [3.8, 4) is 0 Å². The third-order valence-electron chi connectivity index (χ3n) is 3.22. The molecular weight excluding hydrogens is 218 g/mol. The fraction of sp³-hybridized carbons (Fsp3) is 0.667. The van der Waals surface area contributed by atoms with Crippen molar-refractivity contribution < 1.29 is 0 Å². The summed E-state index contributed by atoms with van der Waals surface area (Å²) in [5, 5.41) is 4.14. The molecule has 3 nitrogen and oxygen atoms in total. The highest BCUT2D eigenvalue weighted by molar-refractivity contribution is 7.10. The van der Waals surface area contributed by atoms with Crippen LogP contribution in [0.25, 0.3) is 0 Å². The largest absolute Gasteiger partial charge is 0.310 e. The fourth-order valence-corrected chi connectivity index (χ4v) is 3.37. The Kier molecular flexibility index (Phi) is 3.84. The molecule has 0 radical (unpaired) electrons. The van der Waals surface area contributed by atoms with Gasteiger partial charge in [-0.05, 0) is 24.9 Å². The van der Waals surface area contributed by atoms with Gasteiger partial charge in [0.15, 0.2) is 0 Å². The Bertz CT molecular complexity index is 348. The van der Waals surface area contributed by atoms with E-state index in [1.807, 2.05) is 16.3 Å². The van der Waals surface area contributed by atoms with Gasteiger partial charge in [0.2, 0.25) is 0 Å². The van der Waals surface area contributed by atoms with Crippen LogP contribution in [0.2, 0.25) is 0 Å². The van der Waals surface area contributed by atoms with Gasteiger partial charge in [-0.2, -0.15) is 0 Å². The molecule has 90 valence electrons. The van der Waals surface area contributed by atoms with Gasteiger partial charge in [-0.15, -0.1) is 11.3 Å². The van der Waals surface area contributed by atoms with Gasteiger partial charge in [-0.25, -0.2) is 5.84 Å². The Morgan fingerprint density at radius 3 is 3.00 bits per heavy atom. The van der Waals surface area contributed by atoms with Crippen molar-refractivity contribution in [1.82, 2.24) is 4.90 Å². The average Bonchev–Trinajstić information content (AvgIpc) is 2.71. The molecule has 0 spiro atoms. The zero-order chi connectivity index (χ0) is 11.5. The standard InChI is InChI=1S/C12H21N3S/c1-3-6-15(13)11-9-16-12-8-14(4-2)7-5-10(11)12/h9H,3-8,13H2,1-2H3. The van der Waals surface area contributed by atoms with Crippen LogP contribution in [0, 0.1) is 0 Å². The first-order valence-electron chi connectivity index (χ1n) is 6.10. The number of rotatable bonds is 4. The molecule has 2 heterocycles. The second kappa shape index (κ2) is 5.17. The lowest BCUT2D eigenvalue weighted by Gasteiger charge is -2.27. The number of hydrogen-bond acceptors (Lipinski definition) is 4. The van der Waals surface area contributed by atoms with Crippen LogP contribution in [0.15, 0.2) is 5.38 Å². The Morgan fingerprint density at radius 2 is 2.31 bits per heavy atom. The van der Waals surface area contributed by atoms with Crippen molar-refractivity contribution in [1.29, 1.82) is 0 Å². The van der Waals surface area contributed by atoms with E-state index in [9.17, 15) is 0 Å². The van der Waals surface area contributed by atoms with Crippen LogP contribution in [-0.4, -0.2) is 24.5 Å². The molecule has 1 aromatic rings. The van der Waals surface area contributed by atoms with Gasteiger partial charge in [0.25, 0.3) is 0 Å². The van der Waals surface area contributed by atoms with Gasteiger partial charge in [0.05, 0.1) is 5.69 Å². The number of fused-ring (bicyclic) bond motifs is 1. The normalized spacial score (nSPS) is 16.2. The number of thiophene rings is 1. The van der Waals surface area contributed by atoms with Crippen molar-refractivity contribution in [2.24, 2.45) is 5.84 Å². The summed E-state index contributed by atoms with van der Waals surface area (Å²) in [7, 11) is 0. The second-order valence-electron chi connectivity index (χ2n) is 4.33. The number of nitrogens with two attached hydrogens (primary N) is 1. The zero-order valence-electron chi connectivity index (χ0n) is 10.2. The molecule has 1 aliphatic rings. The molecule has 0 amide bonds. The Labute approximate surface area is 102 Å². The van der Waals surface area contributed by atoms with Gasteiger partial charge in [-0.1, -0.05) is 13.8 Å². The van der Waals surface area contributed by atoms with Crippen molar-refractivity contribution in [2.75, 3.05) is 24.6 Å². The molecule has 4 heteroatoms. The molecule has 0 saturated carbocycles. The number of hydrazine groups is 1. The van der Waals surface area contributed by atoms with E-state index in [1.54, 1.807) is 0 Å². The highest BCUT2D eigenvalue weighted by atomic mass is 32.1. The number of anilines is 1. The molecule has 0 atom stereocenters. The summed E-state index contributed by atoms with van der Waals surface area (Å²) in [6.45, 7) is 8.77. The number of hydrogen-bond donors (Lipinski definition) is 1. The summed E-state index contributed by atoms with van der Waals surface area (Å²) in [5.41, 5.74) is 2.75. The molecule has 0 aliphatic carbocycles. The summed E-state index contributed by atoms with van der Waals surface area (Å²) in [6, 6.07) is 0. The molecule has 2 N–H and O–H groups in total. The molecule has 0 saturated heterocycles. The second-order valence-corrected chi connectivity index (χ2v) is 5.30. The lowest BCUT2D eigenvalue weighted by Crippen LogP contribution is -2.34. The smallest absolute Gasteiger partial charge is 0.0659 e. The molecule has 1 aliphatic heterocycles. The van der Waals surface area contributed by atoms with Gasteiger partial charge in [-0.3, -0.25) is 4.90 Å². The monoisotopic (exact) mass is 239 g/mol. The minimum absolute atomic E-state index is 0.945. The van der Waals surface area contributed by atoms with Crippen molar-refractivity contribution in [2.45, 2.75) is 33.2 Å². The lowest BCUT2D eigenvalue weighted by atomic mass is 10.1. The van der Waals surface area contributed by atoms with E-state index >= 15 is 0 Å².